The van der Waals surface area contributed by atoms with E-state index in [1.54, 1.807) is 12.1 Å². The van der Waals surface area contributed by atoms with Gasteiger partial charge < -0.3 is 27.4 Å². The number of hydrogen-bond acceptors (Lipinski definition) is 3. The first-order chi connectivity index (χ1) is 11.6. The number of methoxy groups -OCH3 is 1. The Labute approximate surface area is 153 Å². The highest BCUT2D eigenvalue weighted by Crippen LogP contribution is 2.26. The standard InChI is InChI=1S/C19H21NO4.ClH/c1-24-18-14-15(9-11-17(18)21)8-10-16-6-2-4-12-20(16)13-5-3-7-19(22)23;/h2,4,6,8-12,14H,3,5,7,13H2,1H3,(H,22,23);1H. The summed E-state index contributed by atoms with van der Waals surface area (Å²) in [6.45, 7) is 0.771. The predicted octanol–water partition coefficient (Wildman–Crippen LogP) is 0.118. The molecular weight excluding hydrogens is 342 g/mol. The van der Waals surface area contributed by atoms with Crippen molar-refractivity contribution in [3.8, 4) is 11.5 Å². The molecular formula is C19H22ClNO4. The molecule has 0 fully saturated rings. The molecule has 0 amide bonds. The van der Waals surface area contributed by atoms with Gasteiger partial charge in [0, 0.05) is 31.1 Å². The number of aliphatic carboxylic acids is 1. The van der Waals surface area contributed by atoms with Gasteiger partial charge in [-0.15, -0.1) is 0 Å². The molecule has 0 unspecified atom stereocenters. The molecule has 0 aliphatic heterocycles. The third kappa shape index (κ3) is 6.47. The molecule has 25 heavy (non-hydrogen) atoms. The number of aromatic hydroxyl groups is 1. The second-order valence-corrected chi connectivity index (χ2v) is 5.43. The molecule has 134 valence electrons. The summed E-state index contributed by atoms with van der Waals surface area (Å²) in [7, 11) is 1.52. The number of carbonyl (C=O) groups is 1. The fourth-order valence-corrected chi connectivity index (χ4v) is 2.38. The van der Waals surface area contributed by atoms with E-state index in [0.29, 0.717) is 12.2 Å². The fourth-order valence-electron chi connectivity index (χ4n) is 2.38. The number of unbranched alkanes of at least 4 members (excludes halogenated alkanes) is 1. The molecule has 2 aromatic rings. The number of ether oxygens (including phenoxy) is 1. The van der Waals surface area contributed by atoms with Crippen molar-refractivity contribution in [2.24, 2.45) is 0 Å². The lowest BCUT2D eigenvalue weighted by molar-refractivity contribution is -0.699. The van der Waals surface area contributed by atoms with E-state index < -0.39 is 5.97 Å². The van der Waals surface area contributed by atoms with Crippen LogP contribution < -0.4 is 21.7 Å². The summed E-state index contributed by atoms with van der Waals surface area (Å²) in [6.07, 6.45) is 7.60. The van der Waals surface area contributed by atoms with E-state index in [0.717, 1.165) is 24.2 Å². The van der Waals surface area contributed by atoms with Crippen LogP contribution in [0.4, 0.5) is 0 Å². The van der Waals surface area contributed by atoms with E-state index in [-0.39, 0.29) is 24.6 Å². The molecule has 0 bridgehead atoms. The SMILES string of the molecule is COc1cc(/C=C/c2cccc[n+]2CCCCC(=O)O)ccc1O.[Cl-]. The van der Waals surface area contributed by atoms with Crippen LogP contribution in [0, 0.1) is 0 Å². The highest BCUT2D eigenvalue weighted by atomic mass is 35.5. The first-order valence-corrected chi connectivity index (χ1v) is 7.85. The summed E-state index contributed by atoms with van der Waals surface area (Å²) < 4.78 is 7.20. The van der Waals surface area contributed by atoms with Crippen molar-refractivity contribution >= 4 is 18.1 Å². The molecule has 1 aromatic carbocycles. The van der Waals surface area contributed by atoms with Gasteiger partial charge in [-0.1, -0.05) is 6.07 Å². The van der Waals surface area contributed by atoms with Gasteiger partial charge in [0.15, 0.2) is 17.7 Å². The number of aryl methyl sites for hydroxylation is 1. The van der Waals surface area contributed by atoms with Crippen LogP contribution in [0.3, 0.4) is 0 Å². The Kier molecular flexibility index (Phi) is 8.50. The average molecular weight is 364 g/mol. The maximum atomic E-state index is 10.6. The summed E-state index contributed by atoms with van der Waals surface area (Å²) in [4.78, 5) is 10.6. The van der Waals surface area contributed by atoms with E-state index in [4.69, 9.17) is 9.84 Å². The van der Waals surface area contributed by atoms with Crippen LogP contribution in [0.2, 0.25) is 0 Å². The Morgan fingerprint density at radius 3 is 2.72 bits per heavy atom. The maximum Gasteiger partial charge on any atom is 0.303 e. The van der Waals surface area contributed by atoms with Crippen LogP contribution in [-0.2, 0) is 11.3 Å². The van der Waals surface area contributed by atoms with E-state index in [1.807, 2.05) is 42.6 Å². The summed E-state index contributed by atoms with van der Waals surface area (Å²) in [5, 5.41) is 18.3. The van der Waals surface area contributed by atoms with Crippen molar-refractivity contribution in [1.29, 1.82) is 0 Å². The first kappa shape index (κ1) is 20.5. The van der Waals surface area contributed by atoms with Gasteiger partial charge in [0.2, 0.25) is 5.69 Å². The summed E-state index contributed by atoms with van der Waals surface area (Å²) >= 11 is 0. The number of rotatable bonds is 8. The van der Waals surface area contributed by atoms with Crippen molar-refractivity contribution in [3.05, 3.63) is 53.9 Å². The molecule has 0 radical (unpaired) electrons. The van der Waals surface area contributed by atoms with Crippen LogP contribution in [0.1, 0.15) is 30.5 Å². The van der Waals surface area contributed by atoms with Gasteiger partial charge >= 0.3 is 5.97 Å². The summed E-state index contributed by atoms with van der Waals surface area (Å²) in [6, 6.07) is 11.1. The summed E-state index contributed by atoms with van der Waals surface area (Å²) in [5.41, 5.74) is 1.95. The second-order valence-electron chi connectivity index (χ2n) is 5.43. The predicted molar refractivity (Wildman–Crippen MR) is 91.7 cm³/mol. The number of phenols is 1. The smallest absolute Gasteiger partial charge is 0.303 e. The number of pyridine rings is 1. The molecule has 2 rings (SSSR count). The van der Waals surface area contributed by atoms with Crippen molar-refractivity contribution in [3.63, 3.8) is 0 Å². The molecule has 5 nitrogen and oxygen atoms in total. The maximum absolute atomic E-state index is 10.6. The highest BCUT2D eigenvalue weighted by Gasteiger charge is 2.07. The van der Waals surface area contributed by atoms with E-state index >= 15 is 0 Å². The molecule has 0 saturated carbocycles. The largest absolute Gasteiger partial charge is 1.00 e. The Morgan fingerprint density at radius 1 is 1.20 bits per heavy atom. The van der Waals surface area contributed by atoms with Crippen LogP contribution in [0.25, 0.3) is 12.2 Å². The Hall–Kier alpha value is -2.53. The zero-order valence-electron chi connectivity index (χ0n) is 14.1. The van der Waals surface area contributed by atoms with Gasteiger partial charge in [0.05, 0.1) is 7.11 Å². The van der Waals surface area contributed by atoms with Gasteiger partial charge in [-0.2, -0.15) is 4.57 Å². The van der Waals surface area contributed by atoms with Crippen LogP contribution in [0.15, 0.2) is 42.6 Å². The molecule has 0 saturated heterocycles. The minimum Gasteiger partial charge on any atom is -1.00 e. The number of nitrogens with zero attached hydrogens (tertiary/aromatic N) is 1. The molecule has 0 aliphatic carbocycles. The minimum atomic E-state index is -0.755. The Bertz CT molecular complexity index is 731. The summed E-state index contributed by atoms with van der Waals surface area (Å²) in [5.74, 6) is -0.205. The number of halogens is 1. The Morgan fingerprint density at radius 2 is 2.00 bits per heavy atom. The van der Waals surface area contributed by atoms with Gasteiger partial charge in [0.1, 0.15) is 6.54 Å². The van der Waals surface area contributed by atoms with Crippen molar-refractivity contribution in [2.45, 2.75) is 25.8 Å². The number of carboxylic acid groups (broad SMARTS) is 1. The normalized spacial score (nSPS) is 10.4. The average Bonchev–Trinajstić information content (AvgIpc) is 2.58. The number of aromatic nitrogens is 1. The molecule has 6 heteroatoms. The zero-order chi connectivity index (χ0) is 17.4. The van der Waals surface area contributed by atoms with Crippen molar-refractivity contribution in [1.82, 2.24) is 0 Å². The molecule has 2 N–H and O–H groups in total. The molecule has 0 spiro atoms. The van der Waals surface area contributed by atoms with E-state index in [9.17, 15) is 9.90 Å². The topological polar surface area (TPSA) is 70.6 Å². The van der Waals surface area contributed by atoms with Crippen molar-refractivity contribution < 1.29 is 36.7 Å². The monoisotopic (exact) mass is 363 g/mol. The molecule has 0 aliphatic rings. The lowest BCUT2D eigenvalue weighted by Gasteiger charge is -2.04. The highest BCUT2D eigenvalue weighted by molar-refractivity contribution is 5.68. The van der Waals surface area contributed by atoms with Gasteiger partial charge in [-0.3, -0.25) is 4.79 Å². The van der Waals surface area contributed by atoms with Crippen LogP contribution >= 0.6 is 0 Å². The lowest BCUT2D eigenvalue weighted by Crippen LogP contribution is -3.00. The number of carboxylic acids is 1. The third-order valence-corrected chi connectivity index (χ3v) is 3.67. The second kappa shape index (κ2) is 10.4. The lowest BCUT2D eigenvalue weighted by atomic mass is 10.1. The number of benzene rings is 1. The van der Waals surface area contributed by atoms with Crippen LogP contribution in [0.5, 0.6) is 11.5 Å². The zero-order valence-corrected chi connectivity index (χ0v) is 14.8. The molecule has 1 heterocycles. The van der Waals surface area contributed by atoms with Gasteiger partial charge in [-0.05, 0) is 36.3 Å². The first-order valence-electron chi connectivity index (χ1n) is 7.85. The Balaban J connectivity index is 0.00000312. The molecule has 1 aromatic heterocycles. The van der Waals surface area contributed by atoms with Gasteiger partial charge in [-0.25, -0.2) is 0 Å². The number of phenolic OH excluding ortho intramolecular Hbond substituents is 1. The fraction of sp³-hybridized carbons (Fsp3) is 0.263. The molecule has 0 atom stereocenters. The van der Waals surface area contributed by atoms with E-state index in [2.05, 4.69) is 4.57 Å². The minimum absolute atomic E-state index is 0. The van der Waals surface area contributed by atoms with E-state index in [1.165, 1.54) is 7.11 Å². The third-order valence-electron chi connectivity index (χ3n) is 3.67. The van der Waals surface area contributed by atoms with Crippen molar-refractivity contribution in [2.75, 3.05) is 7.11 Å². The quantitative estimate of drug-likeness (QED) is 0.516. The van der Waals surface area contributed by atoms with Crippen LogP contribution in [-0.4, -0.2) is 23.3 Å². The van der Waals surface area contributed by atoms with Gasteiger partial charge in [0.25, 0.3) is 0 Å². The number of hydrogen-bond donors (Lipinski definition) is 2.